The number of benzene rings is 1. The van der Waals surface area contributed by atoms with E-state index in [2.05, 4.69) is 10.9 Å². The lowest BCUT2D eigenvalue weighted by atomic mass is 10.1. The normalized spacial score (nSPS) is 9.82. The summed E-state index contributed by atoms with van der Waals surface area (Å²) in [6.45, 7) is 0.380. The van der Waals surface area contributed by atoms with E-state index in [1.807, 2.05) is 24.3 Å². The molecule has 2 rings (SSSR count). The highest BCUT2D eigenvalue weighted by Gasteiger charge is 1.99. The van der Waals surface area contributed by atoms with Gasteiger partial charge in [0.15, 0.2) is 0 Å². The fourth-order valence-electron chi connectivity index (χ4n) is 1.52. The molecule has 1 heterocycles. The fraction of sp³-hybridized carbons (Fsp3) is 0.0769. The zero-order valence-electron chi connectivity index (χ0n) is 9.01. The topological polar surface area (TPSA) is 54.9 Å². The van der Waals surface area contributed by atoms with Gasteiger partial charge in [-0.05, 0) is 17.7 Å². The maximum absolute atomic E-state index is 11.5. The predicted octanol–water partition coefficient (Wildman–Crippen LogP) is 0.566. The number of hydrogen-bond acceptors (Lipinski definition) is 2. The Kier molecular flexibility index (Phi) is 2.93. The van der Waals surface area contributed by atoms with Crippen LogP contribution in [0.1, 0.15) is 11.1 Å². The molecule has 1 aromatic carbocycles. The predicted molar refractivity (Wildman–Crippen MR) is 64.8 cm³/mol. The number of terminal acetylenes is 1. The van der Waals surface area contributed by atoms with Crippen LogP contribution in [0.15, 0.2) is 46.1 Å². The number of hydrogen-bond donors (Lipinski definition) is 1. The summed E-state index contributed by atoms with van der Waals surface area (Å²) in [5, 5.41) is 0. The van der Waals surface area contributed by atoms with Gasteiger partial charge in [0.1, 0.15) is 0 Å². The monoisotopic (exact) mass is 226 g/mol. The highest BCUT2D eigenvalue weighted by molar-refractivity contribution is 5.35. The number of rotatable bonds is 2. The minimum Gasteiger partial charge on any atom is -0.296 e. The third-order valence-electron chi connectivity index (χ3n) is 2.34. The zero-order valence-corrected chi connectivity index (χ0v) is 9.01. The van der Waals surface area contributed by atoms with E-state index < -0.39 is 11.2 Å². The quantitative estimate of drug-likeness (QED) is 0.761. The van der Waals surface area contributed by atoms with E-state index in [4.69, 9.17) is 6.42 Å². The van der Waals surface area contributed by atoms with Crippen molar-refractivity contribution in [3.8, 4) is 12.3 Å². The molecule has 2 aromatic rings. The van der Waals surface area contributed by atoms with Gasteiger partial charge in [0.25, 0.3) is 5.56 Å². The van der Waals surface area contributed by atoms with E-state index in [1.54, 1.807) is 0 Å². The average Bonchev–Trinajstić information content (AvgIpc) is 2.33. The van der Waals surface area contributed by atoms with Crippen molar-refractivity contribution in [2.24, 2.45) is 0 Å². The molecule has 0 aliphatic rings. The van der Waals surface area contributed by atoms with Crippen molar-refractivity contribution >= 4 is 0 Å². The molecule has 4 nitrogen and oxygen atoms in total. The van der Waals surface area contributed by atoms with Crippen LogP contribution in [0.3, 0.4) is 0 Å². The lowest BCUT2D eigenvalue weighted by Gasteiger charge is -2.04. The molecule has 0 aliphatic heterocycles. The Labute approximate surface area is 97.6 Å². The summed E-state index contributed by atoms with van der Waals surface area (Å²) in [6, 6.07) is 8.67. The first-order valence-electron chi connectivity index (χ1n) is 5.04. The third kappa shape index (κ3) is 2.52. The second-order valence-corrected chi connectivity index (χ2v) is 3.58. The molecule has 0 amide bonds. The Hall–Kier alpha value is -2.54. The van der Waals surface area contributed by atoms with E-state index in [0.29, 0.717) is 6.54 Å². The molecule has 0 radical (unpaired) electrons. The minimum atomic E-state index is -0.427. The molecule has 0 spiro atoms. The Bertz CT molecular complexity index is 689. The second kappa shape index (κ2) is 4.54. The molecule has 0 atom stereocenters. The van der Waals surface area contributed by atoms with Crippen molar-refractivity contribution in [1.29, 1.82) is 0 Å². The Morgan fingerprint density at radius 3 is 2.82 bits per heavy atom. The van der Waals surface area contributed by atoms with Gasteiger partial charge in [-0.15, -0.1) is 6.42 Å². The van der Waals surface area contributed by atoms with Crippen LogP contribution in [-0.2, 0) is 6.54 Å². The summed E-state index contributed by atoms with van der Waals surface area (Å²) in [6.07, 6.45) is 6.76. The van der Waals surface area contributed by atoms with Gasteiger partial charge in [-0.25, -0.2) is 4.79 Å². The molecule has 0 saturated carbocycles. The van der Waals surface area contributed by atoms with Gasteiger partial charge >= 0.3 is 5.69 Å². The summed E-state index contributed by atoms with van der Waals surface area (Å²) < 4.78 is 1.41. The standard InChI is InChI=1S/C13H10N2O2/c1-2-10-4-3-5-11(8-10)9-15-7-6-12(16)14-13(15)17/h1,3-8H,9H2,(H,14,16,17). The van der Waals surface area contributed by atoms with Crippen LogP contribution in [0.25, 0.3) is 0 Å². The molecule has 4 heteroatoms. The van der Waals surface area contributed by atoms with Crippen LogP contribution in [0.5, 0.6) is 0 Å². The lowest BCUT2D eigenvalue weighted by molar-refractivity contribution is 0.720. The van der Waals surface area contributed by atoms with Gasteiger partial charge in [0.2, 0.25) is 0 Å². The average molecular weight is 226 g/mol. The summed E-state index contributed by atoms with van der Waals surface area (Å²) in [5.41, 5.74) is 0.849. The summed E-state index contributed by atoms with van der Waals surface area (Å²) in [4.78, 5) is 24.6. The van der Waals surface area contributed by atoms with Gasteiger partial charge in [-0.3, -0.25) is 14.3 Å². The van der Waals surface area contributed by atoms with E-state index in [9.17, 15) is 9.59 Å². The molecule has 1 aromatic heterocycles. The smallest absolute Gasteiger partial charge is 0.296 e. The SMILES string of the molecule is C#Cc1cccc(Cn2ccc(=O)[nH]c2=O)c1. The highest BCUT2D eigenvalue weighted by Crippen LogP contribution is 2.04. The Morgan fingerprint density at radius 2 is 2.12 bits per heavy atom. The number of H-pyrrole nitrogens is 1. The van der Waals surface area contributed by atoms with Crippen LogP contribution in [0.2, 0.25) is 0 Å². The molecule has 84 valence electrons. The molecular weight excluding hydrogens is 216 g/mol. The molecule has 0 fully saturated rings. The Morgan fingerprint density at radius 1 is 1.29 bits per heavy atom. The van der Waals surface area contributed by atoms with Crippen LogP contribution in [0.4, 0.5) is 0 Å². The first-order chi connectivity index (χ1) is 8.19. The van der Waals surface area contributed by atoms with Crippen LogP contribution < -0.4 is 11.2 Å². The van der Waals surface area contributed by atoms with Crippen molar-refractivity contribution in [3.05, 3.63) is 68.5 Å². The van der Waals surface area contributed by atoms with Crippen molar-refractivity contribution in [1.82, 2.24) is 9.55 Å². The molecular formula is C13H10N2O2. The van der Waals surface area contributed by atoms with Crippen molar-refractivity contribution in [2.75, 3.05) is 0 Å². The van der Waals surface area contributed by atoms with Gasteiger partial charge in [-0.1, -0.05) is 18.1 Å². The molecule has 1 N–H and O–H groups in total. The summed E-state index contributed by atoms with van der Waals surface area (Å²) >= 11 is 0. The van der Waals surface area contributed by atoms with Crippen molar-refractivity contribution in [3.63, 3.8) is 0 Å². The molecule has 17 heavy (non-hydrogen) atoms. The summed E-state index contributed by atoms with van der Waals surface area (Å²) in [5.74, 6) is 2.53. The minimum absolute atomic E-state index is 0.380. The van der Waals surface area contributed by atoms with Crippen LogP contribution in [0, 0.1) is 12.3 Å². The number of nitrogens with zero attached hydrogens (tertiary/aromatic N) is 1. The largest absolute Gasteiger partial charge is 0.328 e. The van der Waals surface area contributed by atoms with Crippen molar-refractivity contribution < 1.29 is 0 Å². The zero-order chi connectivity index (χ0) is 12.3. The first kappa shape index (κ1) is 11.0. The second-order valence-electron chi connectivity index (χ2n) is 3.58. The highest BCUT2D eigenvalue weighted by atomic mass is 16.2. The van der Waals surface area contributed by atoms with Gasteiger partial charge < -0.3 is 0 Å². The third-order valence-corrected chi connectivity index (χ3v) is 2.34. The Balaban J connectivity index is 2.35. The van der Waals surface area contributed by atoms with E-state index in [1.165, 1.54) is 16.8 Å². The maximum Gasteiger partial charge on any atom is 0.328 e. The van der Waals surface area contributed by atoms with E-state index >= 15 is 0 Å². The van der Waals surface area contributed by atoms with E-state index in [-0.39, 0.29) is 0 Å². The lowest BCUT2D eigenvalue weighted by Crippen LogP contribution is -2.28. The number of nitrogens with one attached hydrogen (secondary N) is 1. The molecule has 0 saturated heterocycles. The number of aromatic nitrogens is 2. The summed E-state index contributed by atoms with van der Waals surface area (Å²) in [7, 11) is 0. The molecule has 0 unspecified atom stereocenters. The van der Waals surface area contributed by atoms with Crippen LogP contribution in [-0.4, -0.2) is 9.55 Å². The fourth-order valence-corrected chi connectivity index (χ4v) is 1.52. The van der Waals surface area contributed by atoms with Gasteiger partial charge in [-0.2, -0.15) is 0 Å². The van der Waals surface area contributed by atoms with Crippen LogP contribution >= 0.6 is 0 Å². The van der Waals surface area contributed by atoms with Crippen molar-refractivity contribution in [2.45, 2.75) is 6.54 Å². The number of aromatic amines is 1. The first-order valence-corrected chi connectivity index (χ1v) is 5.04. The molecule has 0 bridgehead atoms. The maximum atomic E-state index is 11.5. The van der Waals surface area contributed by atoms with E-state index in [0.717, 1.165) is 11.1 Å². The van der Waals surface area contributed by atoms with Gasteiger partial charge in [0.05, 0.1) is 6.54 Å². The van der Waals surface area contributed by atoms with Gasteiger partial charge in [0, 0.05) is 17.8 Å². The molecule has 0 aliphatic carbocycles.